The van der Waals surface area contributed by atoms with Crippen molar-refractivity contribution in [1.29, 1.82) is 0 Å². The molecule has 1 aromatic rings. The Hall–Kier alpha value is -1.51. The topological polar surface area (TPSA) is 46.5 Å². The number of carboxylic acid groups (broad SMARTS) is 1. The summed E-state index contributed by atoms with van der Waals surface area (Å²) in [5, 5.41) is 8.25. The van der Waals surface area contributed by atoms with Crippen molar-refractivity contribution >= 4 is 5.97 Å². The molecule has 0 bridgehead atoms. The first-order chi connectivity index (χ1) is 6.88. The third-order valence-corrected chi connectivity index (χ3v) is 1.62. The first kappa shape index (κ1) is 13.5. The first-order valence-corrected chi connectivity index (χ1v) is 4.70. The first-order valence-electron chi connectivity index (χ1n) is 4.70. The van der Waals surface area contributed by atoms with Crippen LogP contribution in [0.5, 0.6) is 5.75 Å². The molecular weight excluding hydrogens is 192 g/mol. The molecule has 3 nitrogen and oxygen atoms in total. The third-order valence-electron chi connectivity index (χ3n) is 1.62. The van der Waals surface area contributed by atoms with Crippen LogP contribution in [0.3, 0.4) is 0 Å². The zero-order valence-corrected chi connectivity index (χ0v) is 9.65. The van der Waals surface area contributed by atoms with Gasteiger partial charge in [0.15, 0.2) is 0 Å². The maximum atomic E-state index is 10.0. The van der Waals surface area contributed by atoms with Crippen molar-refractivity contribution in [3.8, 4) is 5.75 Å². The van der Waals surface area contributed by atoms with Crippen LogP contribution in [0.4, 0.5) is 0 Å². The number of methoxy groups -OCH3 is 1. The molecule has 15 heavy (non-hydrogen) atoms. The molecule has 1 N–H and O–H groups in total. The van der Waals surface area contributed by atoms with Gasteiger partial charge in [0.2, 0.25) is 0 Å². The van der Waals surface area contributed by atoms with Gasteiger partial charge in [-0.2, -0.15) is 0 Å². The van der Waals surface area contributed by atoms with Gasteiger partial charge in [-0.05, 0) is 32.9 Å². The van der Waals surface area contributed by atoms with E-state index in [1.54, 1.807) is 27.9 Å². The Labute approximate surface area is 90.7 Å². The average molecular weight is 210 g/mol. The van der Waals surface area contributed by atoms with Crippen molar-refractivity contribution < 1.29 is 14.6 Å². The molecule has 0 fully saturated rings. The Balaban J connectivity index is 0.000000265. The number of benzene rings is 1. The van der Waals surface area contributed by atoms with Crippen LogP contribution in [0.15, 0.2) is 30.3 Å². The van der Waals surface area contributed by atoms with Crippen LogP contribution in [-0.2, 0) is 4.79 Å². The van der Waals surface area contributed by atoms with Gasteiger partial charge in [0.1, 0.15) is 5.75 Å². The Bertz CT molecular complexity index is 285. The number of rotatable bonds is 1. The quantitative estimate of drug-likeness (QED) is 0.775. The summed E-state index contributed by atoms with van der Waals surface area (Å²) >= 11 is 0. The fraction of sp³-hybridized carbons (Fsp3) is 0.417. The van der Waals surface area contributed by atoms with Crippen LogP contribution in [-0.4, -0.2) is 18.2 Å². The third kappa shape index (κ3) is 6.55. The number of aliphatic carboxylic acids is 1. The summed E-state index contributed by atoms with van der Waals surface area (Å²) in [7, 11) is 1.66. The van der Waals surface area contributed by atoms with Gasteiger partial charge in [-0.3, -0.25) is 4.79 Å². The smallest absolute Gasteiger partial charge is 0.308 e. The zero-order chi connectivity index (χ0) is 11.9. The maximum absolute atomic E-state index is 10.0. The molecule has 0 unspecified atom stereocenters. The van der Waals surface area contributed by atoms with Gasteiger partial charge in [0.05, 0.1) is 12.5 Å². The van der Waals surface area contributed by atoms with E-state index in [9.17, 15) is 4.79 Å². The van der Waals surface area contributed by atoms with Crippen molar-refractivity contribution in [3.05, 3.63) is 30.3 Å². The molecule has 0 saturated carbocycles. The van der Waals surface area contributed by atoms with Gasteiger partial charge in [-0.25, -0.2) is 0 Å². The lowest BCUT2D eigenvalue weighted by Gasteiger charge is -2.08. The van der Waals surface area contributed by atoms with E-state index in [2.05, 4.69) is 0 Å². The molecule has 3 heteroatoms. The van der Waals surface area contributed by atoms with Crippen molar-refractivity contribution in [2.45, 2.75) is 20.8 Å². The van der Waals surface area contributed by atoms with E-state index in [0.29, 0.717) is 0 Å². The summed E-state index contributed by atoms with van der Waals surface area (Å²) in [6, 6.07) is 9.68. The number of carboxylic acids is 1. The predicted molar refractivity (Wildman–Crippen MR) is 60.1 cm³/mol. The molecule has 0 aliphatic rings. The van der Waals surface area contributed by atoms with E-state index in [1.807, 2.05) is 30.3 Å². The Morgan fingerprint density at radius 1 is 1.20 bits per heavy atom. The van der Waals surface area contributed by atoms with E-state index >= 15 is 0 Å². The molecule has 0 aliphatic carbocycles. The van der Waals surface area contributed by atoms with E-state index in [-0.39, 0.29) is 0 Å². The standard InChI is InChI=1S/C7H8O.C5H10O2/c1-8-7-5-3-2-4-6-7;1-5(2,3)4(6)7/h2-6H,1H3;1-3H3,(H,6,7). The van der Waals surface area contributed by atoms with Gasteiger partial charge >= 0.3 is 5.97 Å². The summed E-state index contributed by atoms with van der Waals surface area (Å²) in [4.78, 5) is 10.0. The number of carbonyl (C=O) groups is 1. The second kappa shape index (κ2) is 6.06. The Morgan fingerprint density at radius 2 is 1.60 bits per heavy atom. The van der Waals surface area contributed by atoms with Gasteiger partial charge in [0, 0.05) is 0 Å². The van der Waals surface area contributed by atoms with Crippen LogP contribution in [0.25, 0.3) is 0 Å². The monoisotopic (exact) mass is 210 g/mol. The number of para-hydroxylation sites is 1. The fourth-order valence-corrected chi connectivity index (χ4v) is 0.557. The molecule has 0 saturated heterocycles. The largest absolute Gasteiger partial charge is 0.497 e. The van der Waals surface area contributed by atoms with Crippen molar-refractivity contribution in [3.63, 3.8) is 0 Å². The molecule has 0 heterocycles. The van der Waals surface area contributed by atoms with Crippen LogP contribution in [0.2, 0.25) is 0 Å². The summed E-state index contributed by atoms with van der Waals surface area (Å²) < 4.78 is 4.91. The molecule has 1 rings (SSSR count). The number of ether oxygens (including phenoxy) is 1. The lowest BCUT2D eigenvalue weighted by atomic mass is 9.98. The van der Waals surface area contributed by atoms with E-state index in [0.717, 1.165) is 5.75 Å². The molecule has 1 aromatic carbocycles. The minimum Gasteiger partial charge on any atom is -0.497 e. The molecular formula is C12H18O3. The molecule has 0 amide bonds. The van der Waals surface area contributed by atoms with E-state index < -0.39 is 11.4 Å². The van der Waals surface area contributed by atoms with Crippen LogP contribution < -0.4 is 4.74 Å². The normalized spacial score (nSPS) is 9.87. The SMILES string of the molecule is CC(C)(C)C(=O)O.COc1ccccc1. The highest BCUT2D eigenvalue weighted by Crippen LogP contribution is 2.11. The zero-order valence-electron chi connectivity index (χ0n) is 9.65. The van der Waals surface area contributed by atoms with Gasteiger partial charge < -0.3 is 9.84 Å². The molecule has 84 valence electrons. The Morgan fingerprint density at radius 3 is 1.80 bits per heavy atom. The van der Waals surface area contributed by atoms with Gasteiger partial charge in [-0.15, -0.1) is 0 Å². The van der Waals surface area contributed by atoms with Crippen LogP contribution in [0.1, 0.15) is 20.8 Å². The summed E-state index contributed by atoms with van der Waals surface area (Å²) in [6.07, 6.45) is 0. The molecule has 0 atom stereocenters. The minimum atomic E-state index is -0.757. The Kier molecular flexibility index (Phi) is 5.45. The lowest BCUT2D eigenvalue weighted by Crippen LogP contribution is -2.18. The summed E-state index contributed by atoms with van der Waals surface area (Å²) in [6.45, 7) is 4.99. The van der Waals surface area contributed by atoms with E-state index in [1.165, 1.54) is 0 Å². The van der Waals surface area contributed by atoms with Crippen molar-refractivity contribution in [2.24, 2.45) is 5.41 Å². The van der Waals surface area contributed by atoms with Crippen LogP contribution in [0, 0.1) is 5.41 Å². The second-order valence-corrected chi connectivity index (χ2v) is 4.07. The fourth-order valence-electron chi connectivity index (χ4n) is 0.557. The summed E-state index contributed by atoms with van der Waals surface area (Å²) in [5.41, 5.74) is -0.583. The lowest BCUT2D eigenvalue weighted by molar-refractivity contribution is -0.145. The minimum absolute atomic E-state index is 0.583. The molecule has 0 aromatic heterocycles. The predicted octanol–water partition coefficient (Wildman–Crippen LogP) is 2.81. The van der Waals surface area contributed by atoms with Gasteiger partial charge in [0.25, 0.3) is 0 Å². The molecule has 0 spiro atoms. The highest BCUT2D eigenvalue weighted by atomic mass is 16.5. The van der Waals surface area contributed by atoms with Crippen molar-refractivity contribution in [1.82, 2.24) is 0 Å². The highest BCUT2D eigenvalue weighted by molar-refractivity contribution is 5.72. The van der Waals surface area contributed by atoms with Crippen molar-refractivity contribution in [2.75, 3.05) is 7.11 Å². The number of hydrogen-bond donors (Lipinski definition) is 1. The highest BCUT2D eigenvalue weighted by Gasteiger charge is 2.18. The summed E-state index contributed by atoms with van der Waals surface area (Å²) in [5.74, 6) is 0.153. The molecule has 0 radical (unpaired) electrons. The second-order valence-electron chi connectivity index (χ2n) is 4.07. The maximum Gasteiger partial charge on any atom is 0.308 e. The number of hydrogen-bond acceptors (Lipinski definition) is 2. The van der Waals surface area contributed by atoms with Gasteiger partial charge in [-0.1, -0.05) is 18.2 Å². The average Bonchev–Trinajstić information content (AvgIpc) is 2.18. The van der Waals surface area contributed by atoms with E-state index in [4.69, 9.17) is 9.84 Å². The van der Waals surface area contributed by atoms with Crippen LogP contribution >= 0.6 is 0 Å². The molecule has 0 aliphatic heterocycles.